The number of amides is 1. The number of nitrogens with one attached hydrogen (secondary N) is 1. The molecule has 1 N–H and O–H groups in total. The van der Waals surface area contributed by atoms with E-state index in [1.54, 1.807) is 21.5 Å². The number of halogens is 1. The molecule has 2 fully saturated rings. The van der Waals surface area contributed by atoms with E-state index in [1.165, 1.54) is 18.9 Å². The van der Waals surface area contributed by atoms with Crippen LogP contribution in [0, 0.1) is 6.92 Å². The highest BCUT2D eigenvalue weighted by atomic mass is 35.5. The molecule has 1 unspecified atom stereocenters. The summed E-state index contributed by atoms with van der Waals surface area (Å²) in [6, 6.07) is 6.37. The fourth-order valence-electron chi connectivity index (χ4n) is 5.06. The monoisotopic (exact) mass is 516 g/mol. The largest absolute Gasteiger partial charge is 0.356 e. The molecule has 11 heteroatoms. The maximum absolute atomic E-state index is 13.7. The highest BCUT2D eigenvalue weighted by molar-refractivity contribution is 7.92. The van der Waals surface area contributed by atoms with Crippen molar-refractivity contribution in [3.8, 4) is 0 Å². The van der Waals surface area contributed by atoms with Crippen LogP contribution >= 0.6 is 11.6 Å². The van der Waals surface area contributed by atoms with Crippen molar-refractivity contribution in [3.05, 3.63) is 52.3 Å². The molecule has 3 aromatic rings. The number of aromatic nitrogens is 3. The molecule has 2 aliphatic rings. The number of hydrogen-bond acceptors (Lipinski definition) is 6. The molecule has 35 heavy (non-hydrogen) atoms. The van der Waals surface area contributed by atoms with Gasteiger partial charge in [-0.15, -0.1) is 0 Å². The number of rotatable bonds is 5. The Balaban J connectivity index is 1.49. The third kappa shape index (κ3) is 4.95. The molecule has 2 saturated heterocycles. The lowest BCUT2D eigenvalue weighted by Crippen LogP contribution is -2.39. The summed E-state index contributed by atoms with van der Waals surface area (Å²) in [5.74, 6) is 0.743. The van der Waals surface area contributed by atoms with Crippen LogP contribution in [0.2, 0.25) is 5.02 Å². The molecule has 0 spiro atoms. The van der Waals surface area contributed by atoms with Crippen LogP contribution in [0.15, 0.2) is 30.5 Å². The van der Waals surface area contributed by atoms with Gasteiger partial charge in [0, 0.05) is 42.5 Å². The molecule has 5 rings (SSSR count). The molecular weight excluding hydrogens is 488 g/mol. The van der Waals surface area contributed by atoms with Gasteiger partial charge in [0.25, 0.3) is 5.91 Å². The van der Waals surface area contributed by atoms with Crippen LogP contribution in [0.4, 0.5) is 11.5 Å². The van der Waals surface area contributed by atoms with E-state index in [0.717, 1.165) is 61.3 Å². The third-order valence-electron chi connectivity index (χ3n) is 6.64. The highest BCUT2D eigenvalue weighted by Crippen LogP contribution is 2.34. The maximum Gasteiger partial charge on any atom is 0.256 e. The zero-order valence-corrected chi connectivity index (χ0v) is 21.4. The van der Waals surface area contributed by atoms with Gasteiger partial charge in [0.15, 0.2) is 5.65 Å². The standard InChI is InChI=1S/C24H29ClN6O3S/c1-16-15-31-22(26-23(16)29-10-5-6-11-29)14-20(27-31)21-7-3-4-12-30(21)24(32)18-9-8-17(25)13-19(18)28-35(2,33)34/h8-9,13-15,21,28H,3-7,10-12H2,1-2H3. The molecule has 0 aliphatic carbocycles. The summed E-state index contributed by atoms with van der Waals surface area (Å²) in [6.07, 6.45) is 8.02. The van der Waals surface area contributed by atoms with Gasteiger partial charge in [-0.25, -0.2) is 17.9 Å². The van der Waals surface area contributed by atoms with Crippen LogP contribution < -0.4 is 9.62 Å². The number of nitrogens with zero attached hydrogens (tertiary/aromatic N) is 5. The summed E-state index contributed by atoms with van der Waals surface area (Å²) in [5, 5.41) is 5.14. The first-order valence-corrected chi connectivity index (χ1v) is 14.2. The van der Waals surface area contributed by atoms with Gasteiger partial charge in [0.2, 0.25) is 10.0 Å². The van der Waals surface area contributed by atoms with Crippen LogP contribution in [0.25, 0.3) is 5.65 Å². The summed E-state index contributed by atoms with van der Waals surface area (Å²) in [6.45, 7) is 4.64. The van der Waals surface area contributed by atoms with Crippen LogP contribution in [0.5, 0.6) is 0 Å². The van der Waals surface area contributed by atoms with Crippen LogP contribution in [-0.4, -0.2) is 59.7 Å². The lowest BCUT2D eigenvalue weighted by Gasteiger charge is -2.35. The Morgan fingerprint density at radius 3 is 2.60 bits per heavy atom. The number of benzene rings is 1. The van der Waals surface area contributed by atoms with E-state index in [4.69, 9.17) is 21.7 Å². The van der Waals surface area contributed by atoms with E-state index < -0.39 is 10.0 Å². The zero-order valence-electron chi connectivity index (χ0n) is 19.9. The van der Waals surface area contributed by atoms with Crippen molar-refractivity contribution in [1.82, 2.24) is 19.5 Å². The minimum absolute atomic E-state index is 0.178. The first kappa shape index (κ1) is 23.9. The predicted octanol–water partition coefficient (Wildman–Crippen LogP) is 4.03. The number of sulfonamides is 1. The van der Waals surface area contributed by atoms with Crippen molar-refractivity contribution in [1.29, 1.82) is 0 Å². The number of piperidine rings is 1. The Hall–Kier alpha value is -2.85. The quantitative estimate of drug-likeness (QED) is 0.549. The molecule has 4 heterocycles. The Morgan fingerprint density at radius 2 is 1.86 bits per heavy atom. The summed E-state index contributed by atoms with van der Waals surface area (Å²) < 4.78 is 28.0. The second-order valence-corrected chi connectivity index (χ2v) is 11.6. The normalized spacial score (nSPS) is 18.9. The second-order valence-electron chi connectivity index (χ2n) is 9.39. The number of carbonyl (C=O) groups is 1. The molecule has 1 amide bonds. The van der Waals surface area contributed by atoms with E-state index in [-0.39, 0.29) is 23.2 Å². The second kappa shape index (κ2) is 9.31. The number of aryl methyl sites for hydroxylation is 1. The summed E-state index contributed by atoms with van der Waals surface area (Å²) in [4.78, 5) is 22.7. The van der Waals surface area contributed by atoms with Gasteiger partial charge in [-0.3, -0.25) is 9.52 Å². The van der Waals surface area contributed by atoms with Crippen LogP contribution in [0.3, 0.4) is 0 Å². The van der Waals surface area contributed by atoms with Crippen LogP contribution in [0.1, 0.15) is 59.8 Å². The van der Waals surface area contributed by atoms with Crippen molar-refractivity contribution in [3.63, 3.8) is 0 Å². The number of fused-ring (bicyclic) bond motifs is 1. The van der Waals surface area contributed by atoms with Crippen molar-refractivity contribution in [2.75, 3.05) is 35.5 Å². The minimum Gasteiger partial charge on any atom is -0.356 e. The van der Waals surface area contributed by atoms with E-state index in [0.29, 0.717) is 11.6 Å². The SMILES string of the molecule is Cc1cn2nc(C3CCCCN3C(=O)c3ccc(Cl)cc3NS(C)(=O)=O)cc2nc1N1CCCC1. The summed E-state index contributed by atoms with van der Waals surface area (Å²) >= 11 is 6.10. The van der Waals surface area contributed by atoms with Gasteiger partial charge in [-0.05, 0) is 57.2 Å². The third-order valence-corrected chi connectivity index (χ3v) is 7.47. The average Bonchev–Trinajstić information content (AvgIpc) is 3.47. The molecule has 0 saturated carbocycles. The number of anilines is 2. The molecular formula is C24H29ClN6O3S. The fraction of sp³-hybridized carbons (Fsp3) is 0.458. The van der Waals surface area contributed by atoms with Gasteiger partial charge in [0.1, 0.15) is 5.82 Å². The maximum atomic E-state index is 13.7. The van der Waals surface area contributed by atoms with Gasteiger partial charge in [-0.2, -0.15) is 5.10 Å². The van der Waals surface area contributed by atoms with Gasteiger partial charge in [0.05, 0.1) is 29.2 Å². The number of hydrogen-bond donors (Lipinski definition) is 1. The van der Waals surface area contributed by atoms with Crippen molar-refractivity contribution in [2.45, 2.75) is 45.1 Å². The first-order valence-electron chi connectivity index (χ1n) is 11.9. The zero-order chi connectivity index (χ0) is 24.7. The molecule has 1 aromatic carbocycles. The van der Waals surface area contributed by atoms with E-state index >= 15 is 0 Å². The number of carbonyl (C=O) groups excluding carboxylic acids is 1. The lowest BCUT2D eigenvalue weighted by molar-refractivity contribution is 0.0607. The predicted molar refractivity (Wildman–Crippen MR) is 137 cm³/mol. The molecule has 1 atom stereocenters. The Labute approximate surface area is 210 Å². The summed E-state index contributed by atoms with van der Waals surface area (Å²) in [7, 11) is -3.59. The topological polar surface area (TPSA) is 99.9 Å². The van der Waals surface area contributed by atoms with Crippen molar-refractivity contribution in [2.24, 2.45) is 0 Å². The van der Waals surface area contributed by atoms with E-state index in [9.17, 15) is 13.2 Å². The van der Waals surface area contributed by atoms with E-state index in [2.05, 4.69) is 16.5 Å². The smallest absolute Gasteiger partial charge is 0.256 e. The minimum atomic E-state index is -3.59. The Morgan fingerprint density at radius 1 is 1.11 bits per heavy atom. The molecule has 2 aromatic heterocycles. The Kier molecular flexibility index (Phi) is 6.35. The van der Waals surface area contributed by atoms with Crippen molar-refractivity contribution < 1.29 is 13.2 Å². The molecule has 9 nitrogen and oxygen atoms in total. The molecule has 0 bridgehead atoms. The van der Waals surface area contributed by atoms with Gasteiger partial charge < -0.3 is 9.80 Å². The average molecular weight is 517 g/mol. The molecule has 2 aliphatic heterocycles. The first-order chi connectivity index (χ1) is 16.7. The van der Waals surface area contributed by atoms with Crippen LogP contribution in [-0.2, 0) is 10.0 Å². The summed E-state index contributed by atoms with van der Waals surface area (Å²) in [5.41, 5.74) is 3.06. The fourth-order valence-corrected chi connectivity index (χ4v) is 5.80. The molecule has 0 radical (unpaired) electrons. The van der Waals surface area contributed by atoms with Crippen molar-refractivity contribution >= 4 is 44.7 Å². The van der Waals surface area contributed by atoms with Gasteiger partial charge in [-0.1, -0.05) is 11.6 Å². The van der Waals surface area contributed by atoms with Gasteiger partial charge >= 0.3 is 0 Å². The van der Waals surface area contributed by atoms with E-state index in [1.807, 2.05) is 12.3 Å². The number of likely N-dealkylation sites (tertiary alicyclic amines) is 1. The lowest BCUT2D eigenvalue weighted by atomic mass is 9.98. The highest BCUT2D eigenvalue weighted by Gasteiger charge is 2.32. The molecule has 186 valence electrons. The Bertz CT molecular complexity index is 1380.